The SMILES string of the molecule is CC1=NN(Cc2cccc(C)c2)C(=O)C1C(C)C. The second kappa shape index (κ2) is 4.92. The molecule has 1 aromatic carbocycles. The van der Waals surface area contributed by atoms with E-state index in [9.17, 15) is 4.79 Å². The van der Waals surface area contributed by atoms with Crippen LogP contribution in [0.3, 0.4) is 0 Å². The quantitative estimate of drug-likeness (QED) is 0.804. The van der Waals surface area contributed by atoms with Crippen LogP contribution in [0.25, 0.3) is 0 Å². The average Bonchev–Trinajstić information content (AvgIpc) is 2.54. The van der Waals surface area contributed by atoms with Crippen LogP contribution in [0.5, 0.6) is 0 Å². The van der Waals surface area contributed by atoms with Gasteiger partial charge in [-0.15, -0.1) is 0 Å². The molecule has 1 unspecified atom stereocenters. The van der Waals surface area contributed by atoms with Crippen molar-refractivity contribution in [2.24, 2.45) is 16.9 Å². The van der Waals surface area contributed by atoms with E-state index in [1.807, 2.05) is 19.1 Å². The molecule has 18 heavy (non-hydrogen) atoms. The summed E-state index contributed by atoms with van der Waals surface area (Å²) in [7, 11) is 0. The third-order valence-corrected chi connectivity index (χ3v) is 3.33. The zero-order valence-electron chi connectivity index (χ0n) is 11.5. The molecule has 1 aliphatic heterocycles. The highest BCUT2D eigenvalue weighted by atomic mass is 16.2. The predicted octanol–water partition coefficient (Wildman–Crippen LogP) is 2.99. The topological polar surface area (TPSA) is 32.7 Å². The Labute approximate surface area is 108 Å². The molecule has 0 bridgehead atoms. The van der Waals surface area contributed by atoms with Crippen molar-refractivity contribution in [2.75, 3.05) is 0 Å². The third kappa shape index (κ3) is 2.45. The Morgan fingerprint density at radius 1 is 1.33 bits per heavy atom. The van der Waals surface area contributed by atoms with E-state index in [2.05, 4.69) is 38.0 Å². The maximum absolute atomic E-state index is 12.3. The maximum atomic E-state index is 12.3. The van der Waals surface area contributed by atoms with Gasteiger partial charge in [0, 0.05) is 5.71 Å². The molecule has 3 nitrogen and oxygen atoms in total. The molecule has 1 atom stereocenters. The third-order valence-electron chi connectivity index (χ3n) is 3.33. The van der Waals surface area contributed by atoms with Crippen molar-refractivity contribution < 1.29 is 4.79 Å². The van der Waals surface area contributed by atoms with Gasteiger partial charge in [0.15, 0.2) is 0 Å². The Balaban J connectivity index is 2.15. The van der Waals surface area contributed by atoms with Gasteiger partial charge in [-0.2, -0.15) is 5.10 Å². The second-order valence-electron chi connectivity index (χ2n) is 5.35. The van der Waals surface area contributed by atoms with E-state index in [0.29, 0.717) is 12.5 Å². The number of carbonyl (C=O) groups excluding carboxylic acids is 1. The molecule has 0 fully saturated rings. The number of nitrogens with zero attached hydrogens (tertiary/aromatic N) is 2. The summed E-state index contributed by atoms with van der Waals surface area (Å²) in [6.45, 7) is 8.70. The summed E-state index contributed by atoms with van der Waals surface area (Å²) in [5.74, 6) is 0.391. The van der Waals surface area contributed by atoms with Crippen LogP contribution in [-0.2, 0) is 11.3 Å². The predicted molar refractivity (Wildman–Crippen MR) is 73.2 cm³/mol. The highest BCUT2D eigenvalue weighted by molar-refractivity contribution is 6.07. The highest BCUT2D eigenvalue weighted by Gasteiger charge is 2.35. The van der Waals surface area contributed by atoms with Crippen LogP contribution in [0.2, 0.25) is 0 Å². The number of hydrogen-bond acceptors (Lipinski definition) is 2. The van der Waals surface area contributed by atoms with E-state index in [-0.39, 0.29) is 11.8 Å². The summed E-state index contributed by atoms with van der Waals surface area (Å²) in [6, 6.07) is 8.21. The minimum Gasteiger partial charge on any atom is -0.272 e. The molecule has 1 aliphatic rings. The molecule has 1 amide bonds. The van der Waals surface area contributed by atoms with E-state index in [4.69, 9.17) is 0 Å². The molecule has 0 aliphatic carbocycles. The van der Waals surface area contributed by atoms with Gasteiger partial charge in [0.2, 0.25) is 0 Å². The lowest BCUT2D eigenvalue weighted by Crippen LogP contribution is -2.30. The lowest BCUT2D eigenvalue weighted by atomic mass is 9.92. The summed E-state index contributed by atoms with van der Waals surface area (Å²) in [5.41, 5.74) is 3.27. The first-order chi connectivity index (χ1) is 8.49. The number of benzene rings is 1. The van der Waals surface area contributed by atoms with Crippen LogP contribution in [0, 0.1) is 18.8 Å². The summed E-state index contributed by atoms with van der Waals surface area (Å²) in [4.78, 5) is 12.3. The van der Waals surface area contributed by atoms with Crippen molar-refractivity contribution >= 4 is 11.6 Å². The van der Waals surface area contributed by atoms with Crippen LogP contribution in [0.1, 0.15) is 31.9 Å². The number of hydrazone groups is 1. The van der Waals surface area contributed by atoms with Crippen molar-refractivity contribution in [3.05, 3.63) is 35.4 Å². The lowest BCUT2D eigenvalue weighted by molar-refractivity contribution is -0.133. The number of hydrogen-bond donors (Lipinski definition) is 0. The molecule has 96 valence electrons. The zero-order chi connectivity index (χ0) is 13.3. The Morgan fingerprint density at radius 3 is 2.61 bits per heavy atom. The molecule has 3 heteroatoms. The minimum atomic E-state index is -0.0465. The van der Waals surface area contributed by atoms with E-state index in [0.717, 1.165) is 11.3 Å². The largest absolute Gasteiger partial charge is 0.272 e. The van der Waals surface area contributed by atoms with Gasteiger partial charge in [0.05, 0.1) is 12.5 Å². The molecule has 0 spiro atoms. The first kappa shape index (κ1) is 12.8. The van der Waals surface area contributed by atoms with Crippen molar-refractivity contribution in [1.29, 1.82) is 0 Å². The average molecular weight is 244 g/mol. The fraction of sp³-hybridized carbons (Fsp3) is 0.467. The van der Waals surface area contributed by atoms with Gasteiger partial charge >= 0.3 is 0 Å². The van der Waals surface area contributed by atoms with E-state index in [1.54, 1.807) is 5.01 Å². The molecule has 0 N–H and O–H groups in total. The fourth-order valence-corrected chi connectivity index (χ4v) is 2.51. The Bertz CT molecular complexity index is 491. The number of amides is 1. The first-order valence-electron chi connectivity index (χ1n) is 6.41. The molecule has 0 saturated heterocycles. The van der Waals surface area contributed by atoms with Crippen LogP contribution < -0.4 is 0 Å². The molecular formula is C15H20N2O. The first-order valence-corrected chi connectivity index (χ1v) is 6.41. The standard InChI is InChI=1S/C15H20N2O/c1-10(2)14-12(4)16-17(15(14)18)9-13-7-5-6-11(3)8-13/h5-8,10,14H,9H2,1-4H3. The van der Waals surface area contributed by atoms with Crippen molar-refractivity contribution in [3.63, 3.8) is 0 Å². The van der Waals surface area contributed by atoms with Gasteiger partial charge in [-0.1, -0.05) is 43.7 Å². The van der Waals surface area contributed by atoms with Gasteiger partial charge < -0.3 is 0 Å². The second-order valence-corrected chi connectivity index (χ2v) is 5.35. The van der Waals surface area contributed by atoms with Crippen LogP contribution >= 0.6 is 0 Å². The van der Waals surface area contributed by atoms with Crippen LogP contribution in [0.4, 0.5) is 0 Å². The molecular weight excluding hydrogens is 224 g/mol. The summed E-state index contributed by atoms with van der Waals surface area (Å²) < 4.78 is 0. The summed E-state index contributed by atoms with van der Waals surface area (Å²) >= 11 is 0. The van der Waals surface area contributed by atoms with Crippen LogP contribution in [0.15, 0.2) is 29.4 Å². The smallest absolute Gasteiger partial charge is 0.252 e. The molecule has 1 aromatic rings. The monoisotopic (exact) mass is 244 g/mol. The van der Waals surface area contributed by atoms with Crippen molar-refractivity contribution in [3.8, 4) is 0 Å². The van der Waals surface area contributed by atoms with Crippen LogP contribution in [-0.4, -0.2) is 16.6 Å². The van der Waals surface area contributed by atoms with Gasteiger partial charge in [-0.05, 0) is 25.3 Å². The van der Waals surface area contributed by atoms with E-state index < -0.39 is 0 Å². The summed E-state index contributed by atoms with van der Waals surface area (Å²) in [6.07, 6.45) is 0. The van der Waals surface area contributed by atoms with Crippen molar-refractivity contribution in [2.45, 2.75) is 34.2 Å². The maximum Gasteiger partial charge on any atom is 0.252 e. The summed E-state index contributed by atoms with van der Waals surface area (Å²) in [5, 5.41) is 6.00. The fourth-order valence-electron chi connectivity index (χ4n) is 2.51. The van der Waals surface area contributed by atoms with Gasteiger partial charge in [0.25, 0.3) is 5.91 Å². The number of carbonyl (C=O) groups is 1. The van der Waals surface area contributed by atoms with Gasteiger partial charge in [0.1, 0.15) is 0 Å². The molecule has 1 heterocycles. The van der Waals surface area contributed by atoms with Crippen molar-refractivity contribution in [1.82, 2.24) is 5.01 Å². The minimum absolute atomic E-state index is 0.0465. The molecule has 2 rings (SSSR count). The molecule has 0 aromatic heterocycles. The molecule has 0 saturated carbocycles. The zero-order valence-corrected chi connectivity index (χ0v) is 11.5. The molecule has 0 radical (unpaired) electrons. The van der Waals surface area contributed by atoms with Gasteiger partial charge in [-0.25, -0.2) is 5.01 Å². The number of rotatable bonds is 3. The van der Waals surface area contributed by atoms with E-state index in [1.165, 1.54) is 5.56 Å². The Morgan fingerprint density at radius 2 is 2.06 bits per heavy atom. The van der Waals surface area contributed by atoms with Gasteiger partial charge in [-0.3, -0.25) is 4.79 Å². The Kier molecular flexibility index (Phi) is 3.50. The Hall–Kier alpha value is -1.64. The number of aryl methyl sites for hydroxylation is 1. The van der Waals surface area contributed by atoms with E-state index >= 15 is 0 Å². The normalized spacial score (nSPS) is 19.6. The highest BCUT2D eigenvalue weighted by Crippen LogP contribution is 2.24. The lowest BCUT2D eigenvalue weighted by Gasteiger charge is -2.16.